The Bertz CT molecular complexity index is 54.1. The summed E-state index contributed by atoms with van der Waals surface area (Å²) in [6, 6.07) is 0. The third-order valence-electron chi connectivity index (χ3n) is 0.268. The zero-order valence-corrected chi connectivity index (χ0v) is 5.59. The monoisotopic (exact) mass is 114 g/mol. The van der Waals surface area contributed by atoms with Crippen LogP contribution in [0, 0.1) is 0 Å². The minimum Gasteiger partial charge on any atom is -0.450 e. The second-order valence-electron chi connectivity index (χ2n) is 0.699. The standard InChI is InChI=1S/C3H6O3.Mg/c1-2-6-3(4)5;/h2H2,1H3,(H,4,5);. The van der Waals surface area contributed by atoms with E-state index in [1.165, 1.54) is 0 Å². The van der Waals surface area contributed by atoms with Gasteiger partial charge in [0.2, 0.25) is 0 Å². The van der Waals surface area contributed by atoms with Crippen molar-refractivity contribution in [2.24, 2.45) is 0 Å². The summed E-state index contributed by atoms with van der Waals surface area (Å²) >= 11 is 0. The summed E-state index contributed by atoms with van der Waals surface area (Å²) in [5.41, 5.74) is 0. The molecule has 0 aromatic rings. The Hall–Kier alpha value is 0.0362. The van der Waals surface area contributed by atoms with Gasteiger partial charge in [-0.2, -0.15) is 0 Å². The predicted octanol–water partition coefficient (Wildman–Crippen LogP) is 0.320. The number of rotatable bonds is 1. The molecule has 0 aliphatic carbocycles. The van der Waals surface area contributed by atoms with E-state index in [0.717, 1.165) is 0 Å². The molecular formula is C3H6MgO3. The van der Waals surface area contributed by atoms with Gasteiger partial charge in [0.25, 0.3) is 0 Å². The second-order valence-corrected chi connectivity index (χ2v) is 0.699. The molecule has 1 N–H and O–H groups in total. The molecule has 2 radical (unpaired) electrons. The molecule has 0 saturated heterocycles. The summed E-state index contributed by atoms with van der Waals surface area (Å²) in [5, 5.41) is 7.69. The molecule has 0 amide bonds. The largest absolute Gasteiger partial charge is 0.505 e. The van der Waals surface area contributed by atoms with Crippen LogP contribution in [-0.4, -0.2) is 40.9 Å². The number of carboxylic acid groups (broad SMARTS) is 1. The summed E-state index contributed by atoms with van der Waals surface area (Å²) in [4.78, 5) is 9.38. The van der Waals surface area contributed by atoms with Crippen molar-refractivity contribution < 1.29 is 14.6 Å². The van der Waals surface area contributed by atoms with Crippen LogP contribution >= 0.6 is 0 Å². The average Bonchev–Trinajstić information content (AvgIpc) is 1.35. The molecule has 0 atom stereocenters. The van der Waals surface area contributed by atoms with Gasteiger partial charge in [-0.25, -0.2) is 4.79 Å². The highest BCUT2D eigenvalue weighted by molar-refractivity contribution is 5.75. The predicted molar refractivity (Wildman–Crippen MR) is 25.4 cm³/mol. The molecule has 38 valence electrons. The Kier molecular flexibility index (Phi) is 8.72. The van der Waals surface area contributed by atoms with Gasteiger partial charge >= 0.3 is 6.16 Å². The van der Waals surface area contributed by atoms with Gasteiger partial charge in [-0.05, 0) is 6.92 Å². The highest BCUT2D eigenvalue weighted by Gasteiger charge is 1.86. The van der Waals surface area contributed by atoms with Gasteiger partial charge in [0.05, 0.1) is 6.61 Å². The topological polar surface area (TPSA) is 46.5 Å². The highest BCUT2D eigenvalue weighted by Crippen LogP contribution is 1.69. The van der Waals surface area contributed by atoms with Crippen molar-refractivity contribution in [2.45, 2.75) is 6.92 Å². The number of hydrogen-bond acceptors (Lipinski definition) is 2. The van der Waals surface area contributed by atoms with Crippen molar-refractivity contribution in [3.05, 3.63) is 0 Å². The lowest BCUT2D eigenvalue weighted by molar-refractivity contribution is 0.0966. The van der Waals surface area contributed by atoms with Gasteiger partial charge in [-0.1, -0.05) is 0 Å². The highest BCUT2D eigenvalue weighted by atomic mass is 24.3. The van der Waals surface area contributed by atoms with E-state index in [-0.39, 0.29) is 29.7 Å². The fraction of sp³-hybridized carbons (Fsp3) is 0.667. The van der Waals surface area contributed by atoms with Crippen molar-refractivity contribution in [3.8, 4) is 0 Å². The molecule has 0 unspecified atom stereocenters. The van der Waals surface area contributed by atoms with Crippen LogP contribution < -0.4 is 0 Å². The molecule has 0 aliphatic rings. The zero-order valence-electron chi connectivity index (χ0n) is 4.18. The summed E-state index contributed by atoms with van der Waals surface area (Å²) in [6.07, 6.45) is -1.21. The van der Waals surface area contributed by atoms with Crippen molar-refractivity contribution in [1.82, 2.24) is 0 Å². The van der Waals surface area contributed by atoms with E-state index in [1.807, 2.05) is 0 Å². The summed E-state index contributed by atoms with van der Waals surface area (Å²) < 4.78 is 3.96. The van der Waals surface area contributed by atoms with Gasteiger partial charge in [-0.15, -0.1) is 0 Å². The van der Waals surface area contributed by atoms with E-state index >= 15 is 0 Å². The van der Waals surface area contributed by atoms with Crippen LogP contribution in [0.3, 0.4) is 0 Å². The lowest BCUT2D eigenvalue weighted by atomic mass is 10.9. The number of hydrogen-bond donors (Lipinski definition) is 1. The lowest BCUT2D eigenvalue weighted by Gasteiger charge is -1.87. The van der Waals surface area contributed by atoms with Gasteiger partial charge in [-0.3, -0.25) is 0 Å². The second kappa shape index (κ2) is 6.04. The Morgan fingerprint density at radius 2 is 2.29 bits per heavy atom. The quantitative estimate of drug-likeness (QED) is 0.394. The van der Waals surface area contributed by atoms with Crippen molar-refractivity contribution >= 4 is 29.2 Å². The molecule has 0 aliphatic heterocycles. The van der Waals surface area contributed by atoms with E-state index in [1.54, 1.807) is 6.92 Å². The fourth-order valence-corrected chi connectivity index (χ4v) is 0.123. The molecule has 0 rings (SSSR count). The smallest absolute Gasteiger partial charge is 0.450 e. The molecule has 0 fully saturated rings. The van der Waals surface area contributed by atoms with Crippen LogP contribution in [0.15, 0.2) is 0 Å². The SMILES string of the molecule is CCOC(=O)O.[Mg]. The third kappa shape index (κ3) is 10.7. The first-order valence-corrected chi connectivity index (χ1v) is 1.63. The van der Waals surface area contributed by atoms with Crippen molar-refractivity contribution in [3.63, 3.8) is 0 Å². The minimum atomic E-state index is -1.21. The third-order valence-corrected chi connectivity index (χ3v) is 0.268. The molecular weight excluding hydrogens is 108 g/mol. The Morgan fingerprint density at radius 3 is 2.29 bits per heavy atom. The Morgan fingerprint density at radius 1 is 1.86 bits per heavy atom. The Labute approximate surface area is 57.8 Å². The van der Waals surface area contributed by atoms with Crippen LogP contribution in [0.5, 0.6) is 0 Å². The molecule has 4 heteroatoms. The van der Waals surface area contributed by atoms with Crippen LogP contribution in [-0.2, 0) is 4.74 Å². The number of ether oxygens (including phenoxy) is 1. The maximum absolute atomic E-state index is 9.38. The minimum absolute atomic E-state index is 0. The molecule has 3 nitrogen and oxygen atoms in total. The van der Waals surface area contributed by atoms with Crippen LogP contribution in [0.1, 0.15) is 6.92 Å². The molecule has 0 aromatic carbocycles. The first kappa shape index (κ1) is 10.1. The van der Waals surface area contributed by atoms with Crippen LogP contribution in [0.25, 0.3) is 0 Å². The summed E-state index contributed by atoms with van der Waals surface area (Å²) in [7, 11) is 0. The van der Waals surface area contributed by atoms with Crippen LogP contribution in [0.2, 0.25) is 0 Å². The lowest BCUT2D eigenvalue weighted by Crippen LogP contribution is -1.97. The number of carbonyl (C=O) groups is 1. The van der Waals surface area contributed by atoms with Crippen LogP contribution in [0.4, 0.5) is 4.79 Å². The van der Waals surface area contributed by atoms with Crippen molar-refractivity contribution in [2.75, 3.05) is 6.61 Å². The zero-order chi connectivity index (χ0) is 4.99. The molecule has 0 heterocycles. The maximum Gasteiger partial charge on any atom is 0.505 e. The summed E-state index contributed by atoms with van der Waals surface area (Å²) in [6.45, 7) is 1.85. The first-order chi connectivity index (χ1) is 2.77. The molecule has 0 bridgehead atoms. The maximum atomic E-state index is 9.38. The first-order valence-electron chi connectivity index (χ1n) is 1.63. The molecule has 7 heavy (non-hydrogen) atoms. The normalized spacial score (nSPS) is 6.43. The van der Waals surface area contributed by atoms with Gasteiger partial charge in [0.1, 0.15) is 0 Å². The van der Waals surface area contributed by atoms with Gasteiger partial charge < -0.3 is 9.84 Å². The van der Waals surface area contributed by atoms with Gasteiger partial charge in [0, 0.05) is 23.1 Å². The average molecular weight is 114 g/mol. The van der Waals surface area contributed by atoms with Gasteiger partial charge in [0.15, 0.2) is 0 Å². The van der Waals surface area contributed by atoms with E-state index in [2.05, 4.69) is 4.74 Å². The van der Waals surface area contributed by atoms with E-state index < -0.39 is 6.16 Å². The Balaban J connectivity index is 0. The molecule has 0 saturated carbocycles. The molecule has 0 spiro atoms. The fourth-order valence-electron chi connectivity index (χ4n) is 0.123. The van der Waals surface area contributed by atoms with E-state index in [0.29, 0.717) is 0 Å². The summed E-state index contributed by atoms with van der Waals surface area (Å²) in [5.74, 6) is 0. The van der Waals surface area contributed by atoms with Crippen molar-refractivity contribution in [1.29, 1.82) is 0 Å². The van der Waals surface area contributed by atoms with E-state index in [4.69, 9.17) is 5.11 Å². The van der Waals surface area contributed by atoms with E-state index in [9.17, 15) is 4.79 Å². The molecule has 0 aromatic heterocycles.